The summed E-state index contributed by atoms with van der Waals surface area (Å²) in [4.78, 5) is 14.4. The Labute approximate surface area is 308 Å². The minimum absolute atomic E-state index is 0.00309. The van der Waals surface area contributed by atoms with E-state index in [0.29, 0.717) is 56.6 Å². The zero-order chi connectivity index (χ0) is 41.4. The Morgan fingerprint density at radius 2 is 1.33 bits per heavy atom. The quantitative estimate of drug-likeness (QED) is 0.173. The monoisotopic (exact) mass is 676 g/mol. The number of rotatable bonds is 4. The molecular formula is C45H44N5O+. The highest BCUT2D eigenvalue weighted by Crippen LogP contribution is 2.43. The van der Waals surface area contributed by atoms with Crippen molar-refractivity contribution in [2.24, 2.45) is 7.05 Å². The molecule has 51 heavy (non-hydrogen) atoms. The second-order valence-electron chi connectivity index (χ2n) is 15.2. The zero-order valence-electron chi connectivity index (χ0n) is 36.2. The Kier molecular flexibility index (Phi) is 6.53. The lowest BCUT2D eigenvalue weighted by Gasteiger charge is -2.23. The molecule has 0 N–H and O–H groups in total. The van der Waals surface area contributed by atoms with Gasteiger partial charge in [0.1, 0.15) is 29.9 Å². The average Bonchev–Trinajstić information content (AvgIpc) is 3.51. The van der Waals surface area contributed by atoms with E-state index in [0.717, 1.165) is 21.9 Å². The molecule has 4 aromatic carbocycles. The molecule has 0 radical (unpaired) electrons. The first-order chi connectivity index (χ1) is 26.6. The van der Waals surface area contributed by atoms with Gasteiger partial charge in [0, 0.05) is 52.6 Å². The summed E-state index contributed by atoms with van der Waals surface area (Å²) in [6.45, 7) is 8.80. The van der Waals surface area contributed by atoms with Gasteiger partial charge in [0.2, 0.25) is 5.69 Å². The van der Waals surface area contributed by atoms with Gasteiger partial charge in [-0.1, -0.05) is 96.1 Å². The van der Waals surface area contributed by atoms with Crippen LogP contribution in [0.4, 0.5) is 0 Å². The highest BCUT2D eigenvalue weighted by atomic mass is 16.3. The molecule has 0 atom stereocenters. The Bertz CT molecular complexity index is 2730. The van der Waals surface area contributed by atoms with E-state index in [4.69, 9.17) is 27.6 Å². The van der Waals surface area contributed by atoms with Crippen molar-refractivity contribution in [1.29, 1.82) is 5.26 Å². The third-order valence-electron chi connectivity index (χ3n) is 9.28. The molecule has 3 aromatic heterocycles. The minimum Gasteiger partial charge on any atom is -0.454 e. The number of furan rings is 1. The summed E-state index contributed by atoms with van der Waals surface area (Å²) < 4.78 is 60.5. The van der Waals surface area contributed by atoms with Crippen molar-refractivity contribution in [3.63, 3.8) is 0 Å². The van der Waals surface area contributed by atoms with Crippen molar-refractivity contribution in [2.45, 2.75) is 73.0 Å². The maximum atomic E-state index is 10.1. The largest absolute Gasteiger partial charge is 0.454 e. The molecule has 0 aliphatic heterocycles. The van der Waals surface area contributed by atoms with E-state index < -0.39 is 24.5 Å². The molecule has 0 aliphatic rings. The topological polar surface area (TPSA) is 79.5 Å². The Morgan fingerprint density at radius 1 is 0.686 bits per heavy atom. The number of nitrogens with zero attached hydrogens (tertiary/aromatic N) is 5. The van der Waals surface area contributed by atoms with E-state index >= 15 is 0 Å². The van der Waals surface area contributed by atoms with Gasteiger partial charge in [0.05, 0.1) is 17.2 Å². The molecule has 0 bridgehead atoms. The third kappa shape index (κ3) is 5.97. The Balaban J connectivity index is 1.50. The lowest BCUT2D eigenvalue weighted by molar-refractivity contribution is -0.660. The first-order valence-corrected chi connectivity index (χ1v) is 17.0. The number of hydrogen-bond acceptors (Lipinski definition) is 5. The fourth-order valence-corrected chi connectivity index (χ4v) is 6.52. The second-order valence-corrected chi connectivity index (χ2v) is 15.2. The van der Waals surface area contributed by atoms with Crippen molar-refractivity contribution in [3.8, 4) is 51.0 Å². The van der Waals surface area contributed by atoms with Gasteiger partial charge in [-0.15, -0.1) is 0 Å². The molecule has 7 aromatic rings. The number of fused-ring (bicyclic) bond motifs is 3. The highest BCUT2D eigenvalue weighted by Gasteiger charge is 2.27. The van der Waals surface area contributed by atoms with E-state index in [1.54, 1.807) is 48.1 Å². The fraction of sp³-hybridized carbons (Fsp3) is 0.267. The van der Waals surface area contributed by atoms with E-state index in [9.17, 15) is 5.26 Å². The smallest absolute Gasteiger partial charge is 0.216 e. The van der Waals surface area contributed by atoms with Crippen molar-refractivity contribution in [1.82, 2.24) is 15.0 Å². The van der Waals surface area contributed by atoms with Gasteiger partial charge in [-0.2, -0.15) is 5.26 Å². The summed E-state index contributed by atoms with van der Waals surface area (Å²) in [5.41, 5.74) is 5.46. The van der Waals surface area contributed by atoms with Gasteiger partial charge >= 0.3 is 0 Å². The van der Waals surface area contributed by atoms with Crippen LogP contribution < -0.4 is 4.57 Å². The SMILES string of the molecule is [2H]C([2H])([2H])c1cc(-c2nc(C(C)(C)C)nc(C(C)(C)C)n2)ccc1-c1cc(-c2c(C)ccc3c2oc2c(-c4ccccc4)c(C#N)ccc23)[n+](C)cc1C([2H])([2H])[2H]. The molecule has 3 heterocycles. The predicted octanol–water partition coefficient (Wildman–Crippen LogP) is 10.7. The fourth-order valence-electron chi connectivity index (χ4n) is 6.52. The summed E-state index contributed by atoms with van der Waals surface area (Å²) in [6.07, 6.45) is 1.55. The predicted molar refractivity (Wildman–Crippen MR) is 206 cm³/mol. The van der Waals surface area contributed by atoms with Gasteiger partial charge in [-0.3, -0.25) is 0 Å². The van der Waals surface area contributed by atoms with Gasteiger partial charge in [0.25, 0.3) is 0 Å². The molecule has 0 spiro atoms. The third-order valence-corrected chi connectivity index (χ3v) is 9.28. The molecule has 6 heteroatoms. The van der Waals surface area contributed by atoms with Crippen LogP contribution in [0, 0.1) is 32.0 Å². The molecule has 7 rings (SSSR count). The molecule has 254 valence electrons. The average molecular weight is 677 g/mol. The lowest BCUT2D eigenvalue weighted by Crippen LogP contribution is -2.31. The molecular weight excluding hydrogens is 627 g/mol. The van der Waals surface area contributed by atoms with Crippen molar-refractivity contribution in [3.05, 3.63) is 119 Å². The first kappa shape index (κ1) is 27.1. The van der Waals surface area contributed by atoms with E-state index in [1.165, 1.54) is 0 Å². The van der Waals surface area contributed by atoms with Gasteiger partial charge in [-0.05, 0) is 66.6 Å². The van der Waals surface area contributed by atoms with Crippen molar-refractivity contribution < 1.29 is 17.2 Å². The summed E-state index contributed by atoms with van der Waals surface area (Å²) in [6, 6.07) is 26.3. The number of nitriles is 1. The first-order valence-electron chi connectivity index (χ1n) is 20.0. The number of aryl methyl sites for hydroxylation is 4. The molecule has 0 saturated heterocycles. The number of benzene rings is 4. The van der Waals surface area contributed by atoms with E-state index in [2.05, 4.69) is 6.07 Å². The van der Waals surface area contributed by atoms with Gasteiger partial charge in [0.15, 0.2) is 12.0 Å². The maximum absolute atomic E-state index is 10.1. The van der Waals surface area contributed by atoms with Gasteiger partial charge < -0.3 is 4.42 Å². The molecule has 0 fully saturated rings. The van der Waals surface area contributed by atoms with Crippen LogP contribution in [0.3, 0.4) is 0 Å². The summed E-state index contributed by atoms with van der Waals surface area (Å²) in [7, 11) is 1.77. The minimum atomic E-state index is -2.64. The second kappa shape index (κ2) is 12.3. The Morgan fingerprint density at radius 3 is 1.96 bits per heavy atom. The zero-order valence-corrected chi connectivity index (χ0v) is 30.2. The normalized spacial score (nSPS) is 14.3. The van der Waals surface area contributed by atoms with Crippen LogP contribution in [0.2, 0.25) is 0 Å². The van der Waals surface area contributed by atoms with Crippen LogP contribution in [0.5, 0.6) is 0 Å². The maximum Gasteiger partial charge on any atom is 0.216 e. The molecule has 0 unspecified atom stereocenters. The number of hydrogen-bond donors (Lipinski definition) is 0. The van der Waals surface area contributed by atoms with Crippen molar-refractivity contribution >= 4 is 21.9 Å². The van der Waals surface area contributed by atoms with Crippen LogP contribution in [0.25, 0.3) is 66.8 Å². The van der Waals surface area contributed by atoms with Crippen LogP contribution in [0.15, 0.2) is 89.5 Å². The van der Waals surface area contributed by atoms with Crippen LogP contribution in [0.1, 0.15) is 83.7 Å². The van der Waals surface area contributed by atoms with Gasteiger partial charge in [-0.25, -0.2) is 19.5 Å². The Hall–Kier alpha value is -5.67. The summed E-state index contributed by atoms with van der Waals surface area (Å²) in [5, 5.41) is 11.8. The van der Waals surface area contributed by atoms with Crippen LogP contribution in [-0.4, -0.2) is 15.0 Å². The lowest BCUT2D eigenvalue weighted by atomic mass is 9.92. The summed E-state index contributed by atoms with van der Waals surface area (Å²) in [5.74, 6) is 1.50. The van der Waals surface area contributed by atoms with Crippen LogP contribution >= 0.6 is 0 Å². The molecule has 6 nitrogen and oxygen atoms in total. The standard InChI is InChI=1S/C45H44N5O/c1-26-16-19-33-34-21-18-31(24-46)38(29-14-12-11-13-15-29)40(34)51-39(33)37(26)36-23-35(28(3)25-50(36)10)32-20-17-30(22-27(32)2)41-47-42(44(4,5)6)49-43(48-41)45(7,8)9/h11-23,25H,1-10H3/q+1/i2D3,3D3. The number of pyridine rings is 1. The number of aromatic nitrogens is 4. The molecule has 0 aliphatic carbocycles. The van der Waals surface area contributed by atoms with E-state index in [1.807, 2.05) is 97.0 Å². The molecule has 0 amide bonds. The molecule has 0 saturated carbocycles. The summed E-state index contributed by atoms with van der Waals surface area (Å²) >= 11 is 0. The van der Waals surface area contributed by atoms with E-state index in [-0.39, 0.29) is 22.3 Å². The van der Waals surface area contributed by atoms with Crippen LogP contribution in [-0.2, 0) is 17.9 Å². The highest BCUT2D eigenvalue weighted by molar-refractivity contribution is 6.14. The van der Waals surface area contributed by atoms with Crippen molar-refractivity contribution in [2.75, 3.05) is 0 Å².